The molecule has 8 rings (SSSR count). The Labute approximate surface area is 318 Å². The van der Waals surface area contributed by atoms with Crippen molar-refractivity contribution in [2.75, 3.05) is 19.0 Å². The highest BCUT2D eigenvalue weighted by Crippen LogP contribution is 2.43. The lowest BCUT2D eigenvalue weighted by atomic mass is 9.80. The predicted molar refractivity (Wildman–Crippen MR) is 206 cm³/mol. The number of methoxy groups -OCH3 is 1. The zero-order valence-corrected chi connectivity index (χ0v) is 30.0. The number of hydrogen-bond acceptors (Lipinski definition) is 10. The van der Waals surface area contributed by atoms with Crippen LogP contribution in [0, 0.1) is 0 Å². The molecule has 276 valence electrons. The molecule has 0 saturated carbocycles. The minimum Gasteiger partial charge on any atom is -0.497 e. The fourth-order valence-electron chi connectivity index (χ4n) is 7.07. The zero-order chi connectivity index (χ0) is 37.6. The summed E-state index contributed by atoms with van der Waals surface area (Å²) in [5, 5.41) is 15.4. The minimum absolute atomic E-state index is 0.0817. The van der Waals surface area contributed by atoms with Gasteiger partial charge in [-0.3, -0.25) is 4.57 Å². The van der Waals surface area contributed by atoms with Crippen molar-refractivity contribution in [2.45, 2.75) is 36.7 Å². The fourth-order valence-corrected chi connectivity index (χ4v) is 7.07. The number of ether oxygens (including phenoxy) is 4. The van der Waals surface area contributed by atoms with Crippen LogP contribution in [0.25, 0.3) is 11.2 Å². The molecule has 55 heavy (non-hydrogen) atoms. The van der Waals surface area contributed by atoms with Crippen LogP contribution in [-0.2, 0) is 26.4 Å². The lowest BCUT2D eigenvalue weighted by molar-refractivity contribution is -0.0960. The highest BCUT2D eigenvalue weighted by Gasteiger charge is 2.49. The smallest absolute Gasteiger partial charge is 0.338 e. The Hall–Kier alpha value is -6.40. The van der Waals surface area contributed by atoms with Crippen molar-refractivity contribution in [3.8, 4) is 5.75 Å². The Morgan fingerprint density at radius 1 is 0.782 bits per heavy atom. The van der Waals surface area contributed by atoms with Gasteiger partial charge in [-0.1, -0.05) is 121 Å². The topological polar surface area (TPSA) is 130 Å². The first-order valence-corrected chi connectivity index (χ1v) is 18.0. The number of aromatic nitrogens is 4. The fraction of sp³-hybridized carbons (Fsp3) is 0.182. The molecule has 5 aromatic carbocycles. The predicted octanol–water partition coefficient (Wildman–Crippen LogP) is 6.94. The van der Waals surface area contributed by atoms with Crippen LogP contribution in [0.3, 0.4) is 0 Å². The van der Waals surface area contributed by atoms with Crippen molar-refractivity contribution in [1.82, 2.24) is 19.5 Å². The van der Waals surface area contributed by atoms with Gasteiger partial charge in [0, 0.05) is 6.54 Å². The lowest BCUT2D eigenvalue weighted by Crippen LogP contribution is -2.41. The van der Waals surface area contributed by atoms with E-state index in [-0.39, 0.29) is 6.61 Å². The third-order valence-electron chi connectivity index (χ3n) is 9.82. The summed E-state index contributed by atoms with van der Waals surface area (Å²) < 4.78 is 27.0. The summed E-state index contributed by atoms with van der Waals surface area (Å²) in [5.41, 5.74) is 3.79. The van der Waals surface area contributed by atoms with Gasteiger partial charge in [-0.25, -0.2) is 19.7 Å². The van der Waals surface area contributed by atoms with Crippen molar-refractivity contribution in [2.24, 2.45) is 0 Å². The van der Waals surface area contributed by atoms with Gasteiger partial charge in [-0.2, -0.15) is 0 Å². The maximum atomic E-state index is 13.6. The molecule has 0 aliphatic carbocycles. The molecule has 0 radical (unpaired) electrons. The Kier molecular flexibility index (Phi) is 10.3. The van der Waals surface area contributed by atoms with Crippen LogP contribution in [0.5, 0.6) is 5.75 Å². The summed E-state index contributed by atoms with van der Waals surface area (Å²) >= 11 is 0. The van der Waals surface area contributed by atoms with Crippen LogP contribution < -0.4 is 10.1 Å². The second kappa shape index (κ2) is 15.9. The van der Waals surface area contributed by atoms with E-state index in [0.29, 0.717) is 34.8 Å². The molecule has 3 heterocycles. The zero-order valence-electron chi connectivity index (χ0n) is 30.0. The number of aliphatic hydroxyl groups is 1. The molecule has 1 fully saturated rings. The molecule has 11 heteroatoms. The van der Waals surface area contributed by atoms with Gasteiger partial charge in [0.05, 0.1) is 25.6 Å². The maximum Gasteiger partial charge on any atom is 0.338 e. The SMILES string of the molecule is COc1ccc(C(OC[C@H]2O[C@@H](n3cnc4c(NCc5ccccc5)ncnc43)[C@H](O)[C@@H]2OC(=O)c2ccccc2)(c2ccccc2)c2ccccc2)cc1. The van der Waals surface area contributed by atoms with Crippen molar-refractivity contribution in [1.29, 1.82) is 0 Å². The summed E-state index contributed by atoms with van der Waals surface area (Å²) in [7, 11) is 1.63. The van der Waals surface area contributed by atoms with Crippen molar-refractivity contribution in [3.05, 3.63) is 186 Å². The van der Waals surface area contributed by atoms with Crippen LogP contribution >= 0.6 is 0 Å². The number of nitrogens with zero attached hydrogens (tertiary/aromatic N) is 4. The highest BCUT2D eigenvalue weighted by atomic mass is 16.6. The normalized spacial score (nSPS) is 18.2. The monoisotopic (exact) mass is 733 g/mol. The van der Waals surface area contributed by atoms with Crippen LogP contribution in [0.1, 0.15) is 38.8 Å². The molecule has 2 N–H and O–H groups in total. The molecule has 1 aliphatic heterocycles. The van der Waals surface area contributed by atoms with E-state index in [2.05, 4.69) is 20.3 Å². The number of rotatable bonds is 13. The van der Waals surface area contributed by atoms with Gasteiger partial charge in [-0.15, -0.1) is 0 Å². The van der Waals surface area contributed by atoms with E-state index in [1.165, 1.54) is 6.33 Å². The van der Waals surface area contributed by atoms with E-state index >= 15 is 0 Å². The number of carbonyl (C=O) groups excluding carboxylic acids is 1. The standard InChI is InChI=1S/C44H39N5O6/c1-52-35-24-22-34(23-25-35)44(32-18-10-4-11-19-32,33-20-12-5-13-21-33)53-27-36-39(55-43(51)31-16-8-3-9-17-31)38(50)42(54-36)49-29-48-37-40(46-28-47-41(37)49)45-26-30-14-6-2-7-15-30/h2-25,28-29,36,38-39,42,50H,26-27H2,1H3,(H,45,46,47)/t36-,38-,39-,42-/m1/s1. The Morgan fingerprint density at radius 2 is 1.38 bits per heavy atom. The molecule has 7 aromatic rings. The number of fused-ring (bicyclic) bond motifs is 1. The molecular formula is C44H39N5O6. The molecule has 0 unspecified atom stereocenters. The molecule has 11 nitrogen and oxygen atoms in total. The lowest BCUT2D eigenvalue weighted by Gasteiger charge is -2.37. The highest BCUT2D eigenvalue weighted by molar-refractivity contribution is 5.89. The van der Waals surface area contributed by atoms with Crippen molar-refractivity contribution < 1.29 is 28.8 Å². The molecular weight excluding hydrogens is 695 g/mol. The van der Waals surface area contributed by atoms with Crippen molar-refractivity contribution in [3.63, 3.8) is 0 Å². The average molecular weight is 734 g/mol. The number of esters is 1. The number of imidazole rings is 1. The molecule has 2 aromatic heterocycles. The largest absolute Gasteiger partial charge is 0.497 e. The van der Waals surface area contributed by atoms with Crippen LogP contribution in [-0.4, -0.2) is 62.6 Å². The van der Waals surface area contributed by atoms with Gasteiger partial charge >= 0.3 is 5.97 Å². The summed E-state index contributed by atoms with van der Waals surface area (Å²) in [6.07, 6.45) is -1.42. The van der Waals surface area contributed by atoms with E-state index in [1.807, 2.05) is 121 Å². The van der Waals surface area contributed by atoms with Crippen LogP contribution in [0.2, 0.25) is 0 Å². The maximum absolute atomic E-state index is 13.6. The molecule has 0 spiro atoms. The van der Waals surface area contributed by atoms with Gasteiger partial charge < -0.3 is 29.4 Å². The van der Waals surface area contributed by atoms with Gasteiger partial charge in [-0.05, 0) is 46.5 Å². The van der Waals surface area contributed by atoms with E-state index < -0.39 is 36.1 Å². The third-order valence-corrected chi connectivity index (χ3v) is 9.82. The summed E-state index contributed by atoms with van der Waals surface area (Å²) in [6, 6.07) is 46.1. The second-order valence-electron chi connectivity index (χ2n) is 13.1. The number of nitrogens with one attached hydrogen (secondary N) is 1. The van der Waals surface area contributed by atoms with Gasteiger partial charge in [0.1, 0.15) is 29.9 Å². The van der Waals surface area contributed by atoms with Crippen molar-refractivity contribution >= 4 is 23.0 Å². The Balaban J connectivity index is 1.16. The molecule has 1 aliphatic rings. The molecule has 1 saturated heterocycles. The third kappa shape index (κ3) is 7.16. The van der Waals surface area contributed by atoms with Gasteiger partial charge in [0.25, 0.3) is 0 Å². The molecule has 4 atom stereocenters. The van der Waals surface area contributed by atoms with Crippen LogP contribution in [0.4, 0.5) is 5.82 Å². The van der Waals surface area contributed by atoms with E-state index in [4.69, 9.17) is 18.9 Å². The first kappa shape index (κ1) is 35.6. The second-order valence-corrected chi connectivity index (χ2v) is 13.1. The number of hydrogen-bond donors (Lipinski definition) is 2. The van der Waals surface area contributed by atoms with E-state index in [9.17, 15) is 9.90 Å². The number of benzene rings is 5. The minimum atomic E-state index is -1.32. The first-order valence-electron chi connectivity index (χ1n) is 18.0. The summed E-state index contributed by atoms with van der Waals surface area (Å²) in [4.78, 5) is 27.1. The summed E-state index contributed by atoms with van der Waals surface area (Å²) in [5.74, 6) is 0.630. The number of aliphatic hydroxyl groups excluding tert-OH is 1. The van der Waals surface area contributed by atoms with E-state index in [0.717, 1.165) is 22.3 Å². The number of carbonyl (C=O) groups is 1. The van der Waals surface area contributed by atoms with Gasteiger partial charge in [0.2, 0.25) is 0 Å². The quantitative estimate of drug-likeness (QED) is 0.0950. The van der Waals surface area contributed by atoms with Gasteiger partial charge in [0.15, 0.2) is 29.3 Å². The number of anilines is 1. The Bertz CT molecular complexity index is 2290. The van der Waals surface area contributed by atoms with Crippen LogP contribution in [0.15, 0.2) is 158 Å². The first-order chi connectivity index (χ1) is 27.0. The molecule has 0 amide bonds. The van der Waals surface area contributed by atoms with E-state index in [1.54, 1.807) is 42.3 Å². The average Bonchev–Trinajstić information content (AvgIpc) is 3.82. The summed E-state index contributed by atoms with van der Waals surface area (Å²) in [6.45, 7) is 0.444. The molecule has 0 bridgehead atoms. The Morgan fingerprint density at radius 3 is 2.02 bits per heavy atom.